The Morgan fingerprint density at radius 1 is 0.519 bits per heavy atom. The van der Waals surface area contributed by atoms with Gasteiger partial charge in [0.2, 0.25) is 0 Å². The number of hydrogen-bond donors (Lipinski definition) is 0. The summed E-state index contributed by atoms with van der Waals surface area (Å²) in [6.45, 7) is 11.6. The van der Waals surface area contributed by atoms with Crippen molar-refractivity contribution >= 4 is 39.2 Å². The smallest absolute Gasteiger partial charge is 0.197 e. The molecule has 2 nitrogen and oxygen atoms in total. The Balaban J connectivity index is 1.17. The lowest BCUT2D eigenvalue weighted by atomic mass is 9.61. The first kappa shape index (κ1) is 30.9. The quantitative estimate of drug-likeness (QED) is 0.135. The highest BCUT2D eigenvalue weighted by Gasteiger charge is 2.42. The molecule has 0 heterocycles. The molecular formula is C50H38O2. The highest BCUT2D eigenvalue weighted by molar-refractivity contribution is 6.42. The maximum absolute atomic E-state index is 13.8. The largest absolute Gasteiger partial charge is 0.288 e. The van der Waals surface area contributed by atoms with Gasteiger partial charge in [0, 0.05) is 27.9 Å². The van der Waals surface area contributed by atoms with E-state index in [1.54, 1.807) is 0 Å². The van der Waals surface area contributed by atoms with Crippen LogP contribution in [0.15, 0.2) is 133 Å². The van der Waals surface area contributed by atoms with E-state index in [9.17, 15) is 9.59 Å². The van der Waals surface area contributed by atoms with Gasteiger partial charge < -0.3 is 0 Å². The molecule has 0 saturated carbocycles. The van der Waals surface area contributed by atoms with Crippen molar-refractivity contribution in [2.75, 3.05) is 0 Å². The van der Waals surface area contributed by atoms with Crippen LogP contribution in [0.25, 0.3) is 38.7 Å². The summed E-state index contributed by atoms with van der Waals surface area (Å²) < 4.78 is 0. The molecule has 0 fully saturated rings. The lowest BCUT2D eigenvalue weighted by Gasteiger charge is -2.42. The van der Waals surface area contributed by atoms with Crippen molar-refractivity contribution in [2.45, 2.75) is 51.4 Å². The molecule has 0 aromatic heterocycles. The highest BCUT2D eigenvalue weighted by atomic mass is 16.2. The van der Waals surface area contributed by atoms with Crippen molar-refractivity contribution in [1.82, 2.24) is 0 Å². The topological polar surface area (TPSA) is 34.1 Å². The maximum atomic E-state index is 13.8. The molecule has 1 atom stereocenters. The van der Waals surface area contributed by atoms with Crippen molar-refractivity contribution < 1.29 is 9.59 Å². The van der Waals surface area contributed by atoms with Crippen molar-refractivity contribution in [3.8, 4) is 11.1 Å². The predicted octanol–water partition coefficient (Wildman–Crippen LogP) is 11.9. The van der Waals surface area contributed by atoms with E-state index in [2.05, 4.69) is 126 Å². The minimum absolute atomic E-state index is 0.0132. The summed E-state index contributed by atoms with van der Waals surface area (Å²) in [4.78, 5) is 27.6. The Labute approximate surface area is 304 Å². The van der Waals surface area contributed by atoms with Gasteiger partial charge in [-0.3, -0.25) is 9.59 Å². The van der Waals surface area contributed by atoms with E-state index in [-0.39, 0.29) is 33.9 Å². The summed E-state index contributed by atoms with van der Waals surface area (Å²) >= 11 is 0. The number of allylic oxidation sites excluding steroid dienone is 1. The lowest BCUT2D eigenvalue weighted by molar-refractivity contribution is 0.0990. The first-order chi connectivity index (χ1) is 25.0. The number of carbonyl (C=O) groups is 2. The zero-order valence-electron chi connectivity index (χ0n) is 30.1. The third-order valence-corrected chi connectivity index (χ3v) is 12.5. The first-order valence-corrected chi connectivity index (χ1v) is 18.3. The minimum Gasteiger partial charge on any atom is -0.288 e. The number of hydrogen-bond acceptors (Lipinski definition) is 2. The molecular weight excluding hydrogens is 633 g/mol. The zero-order chi connectivity index (χ0) is 35.7. The number of carbonyl (C=O) groups excluding carboxylic acids is 2. The van der Waals surface area contributed by atoms with Crippen LogP contribution in [0.3, 0.4) is 0 Å². The van der Waals surface area contributed by atoms with E-state index in [0.717, 1.165) is 16.3 Å². The minimum atomic E-state index is -0.333. The van der Waals surface area contributed by atoms with E-state index in [4.69, 9.17) is 0 Å². The Hall–Kier alpha value is -5.86. The Kier molecular flexibility index (Phi) is 6.30. The molecule has 10 rings (SSSR count). The van der Waals surface area contributed by atoms with E-state index in [1.807, 2.05) is 42.5 Å². The van der Waals surface area contributed by atoms with Gasteiger partial charge >= 0.3 is 0 Å². The fraction of sp³-hybridized carbons (Fsp3) is 0.160. The number of fused-ring (bicyclic) bond motifs is 8. The normalized spacial score (nSPS) is 17.5. The lowest BCUT2D eigenvalue weighted by Crippen LogP contribution is -2.31. The second-order valence-electron chi connectivity index (χ2n) is 16.0. The molecule has 0 N–H and O–H groups in total. The van der Waals surface area contributed by atoms with E-state index in [0.29, 0.717) is 11.1 Å². The van der Waals surface area contributed by atoms with Gasteiger partial charge in [0.25, 0.3) is 0 Å². The summed E-state index contributed by atoms with van der Waals surface area (Å²) in [7, 11) is 0. The van der Waals surface area contributed by atoms with E-state index in [1.165, 1.54) is 66.4 Å². The van der Waals surface area contributed by atoms with Gasteiger partial charge in [0.1, 0.15) is 0 Å². The number of benzene rings is 7. The van der Waals surface area contributed by atoms with Crippen molar-refractivity contribution in [3.05, 3.63) is 194 Å². The summed E-state index contributed by atoms with van der Waals surface area (Å²) in [5, 5.41) is 4.45. The summed E-state index contributed by atoms with van der Waals surface area (Å²) in [5.41, 5.74) is 14.8. The fourth-order valence-electron chi connectivity index (χ4n) is 9.94. The van der Waals surface area contributed by atoms with Crippen LogP contribution in [-0.2, 0) is 10.8 Å². The van der Waals surface area contributed by atoms with Gasteiger partial charge in [0.15, 0.2) is 11.6 Å². The molecule has 1 unspecified atom stereocenters. The molecule has 7 aromatic carbocycles. The van der Waals surface area contributed by atoms with Gasteiger partial charge in [-0.2, -0.15) is 0 Å². The Morgan fingerprint density at radius 2 is 1.15 bits per heavy atom. The number of rotatable bonds is 2. The predicted molar refractivity (Wildman–Crippen MR) is 213 cm³/mol. The van der Waals surface area contributed by atoms with Crippen LogP contribution in [0.1, 0.15) is 104 Å². The molecule has 0 amide bonds. The van der Waals surface area contributed by atoms with E-state index < -0.39 is 0 Å². The monoisotopic (exact) mass is 670 g/mol. The average molecular weight is 671 g/mol. The van der Waals surface area contributed by atoms with Gasteiger partial charge in [-0.05, 0) is 114 Å². The van der Waals surface area contributed by atoms with Gasteiger partial charge in [-0.15, -0.1) is 0 Å². The van der Waals surface area contributed by atoms with Gasteiger partial charge in [-0.25, -0.2) is 0 Å². The maximum Gasteiger partial charge on any atom is 0.197 e. The van der Waals surface area contributed by atoms with Crippen LogP contribution in [-0.4, -0.2) is 11.6 Å². The molecule has 3 aliphatic rings. The second-order valence-corrected chi connectivity index (χ2v) is 16.0. The summed E-state index contributed by atoms with van der Waals surface area (Å²) in [6, 6.07) is 45.3. The van der Waals surface area contributed by atoms with Crippen molar-refractivity contribution in [3.63, 3.8) is 0 Å². The van der Waals surface area contributed by atoms with Crippen LogP contribution in [0, 0.1) is 6.92 Å². The number of Topliss-reactive ketones (excluding diaryl/α,β-unsaturated/α-hetero) is 2. The van der Waals surface area contributed by atoms with Crippen LogP contribution in [0.5, 0.6) is 0 Å². The Bertz CT molecular complexity index is 2730. The first-order valence-electron chi connectivity index (χ1n) is 18.3. The van der Waals surface area contributed by atoms with Crippen LogP contribution < -0.4 is 0 Å². The van der Waals surface area contributed by atoms with E-state index >= 15 is 0 Å². The number of ketones is 2. The third-order valence-electron chi connectivity index (χ3n) is 12.5. The third kappa shape index (κ3) is 4.12. The fourth-order valence-corrected chi connectivity index (χ4v) is 9.94. The molecule has 0 radical (unpaired) electrons. The summed E-state index contributed by atoms with van der Waals surface area (Å²) in [6.07, 6.45) is 1.82. The number of aryl methyl sites for hydroxylation is 1. The highest BCUT2D eigenvalue weighted by Crippen LogP contribution is 2.54. The van der Waals surface area contributed by atoms with Crippen LogP contribution in [0.2, 0.25) is 0 Å². The van der Waals surface area contributed by atoms with Crippen molar-refractivity contribution in [2.24, 2.45) is 0 Å². The molecule has 2 heteroatoms. The van der Waals surface area contributed by atoms with Gasteiger partial charge in [-0.1, -0.05) is 137 Å². The molecule has 0 saturated heterocycles. The van der Waals surface area contributed by atoms with Crippen LogP contribution in [0.4, 0.5) is 0 Å². The molecule has 52 heavy (non-hydrogen) atoms. The molecule has 0 aliphatic heterocycles. The summed E-state index contributed by atoms with van der Waals surface area (Å²) in [5.74, 6) is -0.385. The standard InChI is InChI=1S/C50H38O2/c1-28-34-15-9-8-14-32(34)26-40-45(33-19-21-36-35-16-10-11-17-42(35)49(2,3)44(36)27-33)37-20-18-29(23-43(37)50(4,5)46(28)40)22-41-47(51)38-24-30-12-6-7-13-31(30)25-39(38)48(41)52/h6-27,45H,1-5H3. The molecule has 7 aromatic rings. The SMILES string of the molecule is Cc1c2c(cc3ccccc13)C(c1ccc3c(c1)C(C)(C)c1ccccc1-3)c1ccc(C=C3C(=O)c4cc5ccccc5cc4C3=O)cc1C2(C)C. The second kappa shape index (κ2) is 10.6. The molecule has 0 bridgehead atoms. The van der Waals surface area contributed by atoms with Crippen molar-refractivity contribution in [1.29, 1.82) is 0 Å². The zero-order valence-corrected chi connectivity index (χ0v) is 30.1. The Morgan fingerprint density at radius 3 is 1.88 bits per heavy atom. The molecule has 250 valence electrons. The van der Waals surface area contributed by atoms with Crippen LogP contribution >= 0.6 is 0 Å². The average Bonchev–Trinajstić information content (AvgIpc) is 3.51. The molecule has 0 spiro atoms. The van der Waals surface area contributed by atoms with Gasteiger partial charge in [0.05, 0.1) is 5.57 Å². The molecule has 3 aliphatic carbocycles.